The molecule has 2 aromatic rings. The van der Waals surface area contributed by atoms with E-state index in [-0.39, 0.29) is 23.0 Å². The van der Waals surface area contributed by atoms with Crippen LogP contribution in [0.15, 0.2) is 63.3 Å². The molecule has 1 aromatic carbocycles. The van der Waals surface area contributed by atoms with E-state index in [0.29, 0.717) is 20.7 Å². The second kappa shape index (κ2) is 11.5. The second-order valence-corrected chi connectivity index (χ2v) is 8.93. The summed E-state index contributed by atoms with van der Waals surface area (Å²) in [4.78, 5) is 10.7. The standard InChI is InChI=1S/C19H15Cl2F3N2O4S2/c1-2-11(20)3-4-12(21)7-8-30-18-15(26(28)29)10-17(31-18)32-25-13-5-6-14(16(27)9-13)19(22,23)24/h2-3,5-7,9-10,25,27H,1,4,8H2/b11-3+,12-7+. The van der Waals surface area contributed by atoms with Gasteiger partial charge in [0.2, 0.25) is 0 Å². The van der Waals surface area contributed by atoms with E-state index < -0.39 is 22.4 Å². The summed E-state index contributed by atoms with van der Waals surface area (Å²) in [5, 5.41) is 21.7. The van der Waals surface area contributed by atoms with Crippen molar-refractivity contribution in [2.75, 3.05) is 11.3 Å². The van der Waals surface area contributed by atoms with Gasteiger partial charge in [0, 0.05) is 34.3 Å². The number of nitro groups is 1. The van der Waals surface area contributed by atoms with E-state index >= 15 is 0 Å². The van der Waals surface area contributed by atoms with Crippen LogP contribution in [0, 0.1) is 10.1 Å². The van der Waals surface area contributed by atoms with Gasteiger partial charge in [0.25, 0.3) is 5.06 Å². The number of alkyl halides is 3. The van der Waals surface area contributed by atoms with Gasteiger partial charge in [-0.25, -0.2) is 0 Å². The van der Waals surface area contributed by atoms with Crippen molar-refractivity contribution in [2.24, 2.45) is 0 Å². The predicted molar refractivity (Wildman–Crippen MR) is 122 cm³/mol. The monoisotopic (exact) mass is 526 g/mol. The topological polar surface area (TPSA) is 84.6 Å². The summed E-state index contributed by atoms with van der Waals surface area (Å²) in [5.41, 5.74) is -1.25. The smallest absolute Gasteiger partial charge is 0.419 e. The fraction of sp³-hybridized carbons (Fsp3) is 0.158. The number of nitrogens with one attached hydrogen (secondary N) is 1. The Morgan fingerprint density at radius 3 is 2.66 bits per heavy atom. The second-order valence-electron chi connectivity index (χ2n) is 5.89. The Labute approximate surface area is 199 Å². The van der Waals surface area contributed by atoms with Crippen LogP contribution in [0.5, 0.6) is 10.8 Å². The Kier molecular flexibility index (Phi) is 9.32. The van der Waals surface area contributed by atoms with Crippen LogP contribution in [-0.4, -0.2) is 16.6 Å². The van der Waals surface area contributed by atoms with E-state index in [4.69, 9.17) is 27.9 Å². The van der Waals surface area contributed by atoms with Crippen LogP contribution in [0.25, 0.3) is 0 Å². The fourth-order valence-corrected chi connectivity index (χ4v) is 4.11. The lowest BCUT2D eigenvalue weighted by molar-refractivity contribution is -0.385. The molecule has 13 heteroatoms. The first-order valence-corrected chi connectivity index (χ1v) is 11.0. The summed E-state index contributed by atoms with van der Waals surface area (Å²) < 4.78 is 46.7. The Morgan fingerprint density at radius 1 is 1.34 bits per heavy atom. The lowest BCUT2D eigenvalue weighted by Crippen LogP contribution is -2.05. The van der Waals surface area contributed by atoms with E-state index in [1.165, 1.54) is 18.2 Å². The molecular formula is C19H15Cl2F3N2O4S2. The van der Waals surface area contributed by atoms with Gasteiger partial charge < -0.3 is 14.6 Å². The maximum atomic E-state index is 12.7. The molecule has 0 atom stereocenters. The Hall–Kier alpha value is -2.34. The molecule has 0 saturated heterocycles. The van der Waals surface area contributed by atoms with Crippen LogP contribution in [-0.2, 0) is 6.18 Å². The fourth-order valence-electron chi connectivity index (χ4n) is 2.14. The summed E-state index contributed by atoms with van der Waals surface area (Å²) >= 11 is 13.7. The first-order valence-electron chi connectivity index (χ1n) is 8.58. The van der Waals surface area contributed by atoms with Gasteiger partial charge in [0.1, 0.15) is 12.4 Å². The number of rotatable bonds is 10. The number of ether oxygens (including phenoxy) is 1. The lowest BCUT2D eigenvalue weighted by atomic mass is 10.2. The molecule has 2 rings (SSSR count). The first kappa shape index (κ1) is 25.9. The third-order valence-corrected chi connectivity index (χ3v) is 6.24. The summed E-state index contributed by atoms with van der Waals surface area (Å²) in [6.07, 6.45) is 0.289. The van der Waals surface area contributed by atoms with E-state index in [9.17, 15) is 28.4 Å². The first-order chi connectivity index (χ1) is 15.0. The molecule has 1 heterocycles. The van der Waals surface area contributed by atoms with E-state index in [1.54, 1.807) is 6.08 Å². The van der Waals surface area contributed by atoms with Gasteiger partial charge in [-0.05, 0) is 30.2 Å². The quantitative estimate of drug-likeness (QED) is 0.143. The highest BCUT2D eigenvalue weighted by atomic mass is 35.5. The minimum Gasteiger partial charge on any atom is -0.507 e. The summed E-state index contributed by atoms with van der Waals surface area (Å²) in [7, 11) is 0. The van der Waals surface area contributed by atoms with Gasteiger partial charge in [-0.15, -0.1) is 0 Å². The molecule has 2 N–H and O–H groups in total. The minimum absolute atomic E-state index is 0.0238. The van der Waals surface area contributed by atoms with Crippen LogP contribution >= 0.6 is 46.5 Å². The van der Waals surface area contributed by atoms with Crippen molar-refractivity contribution in [3.05, 3.63) is 74.8 Å². The van der Waals surface area contributed by atoms with E-state index in [1.807, 2.05) is 0 Å². The zero-order chi connectivity index (χ0) is 23.9. The molecule has 172 valence electrons. The number of thiophene rings is 1. The molecule has 0 saturated carbocycles. The average molecular weight is 527 g/mol. The van der Waals surface area contributed by atoms with E-state index in [0.717, 1.165) is 41.5 Å². The number of allylic oxidation sites excluding steroid dienone is 4. The number of nitrogens with zero attached hydrogens (tertiary/aromatic N) is 1. The van der Waals surface area contributed by atoms with Crippen LogP contribution in [0.3, 0.4) is 0 Å². The molecule has 1 aromatic heterocycles. The highest BCUT2D eigenvalue weighted by Gasteiger charge is 2.33. The molecule has 0 bridgehead atoms. The normalized spacial score (nSPS) is 12.5. The highest BCUT2D eigenvalue weighted by Crippen LogP contribution is 2.43. The third kappa shape index (κ3) is 7.66. The van der Waals surface area contributed by atoms with Crippen LogP contribution in [0.4, 0.5) is 24.5 Å². The number of anilines is 1. The van der Waals surface area contributed by atoms with Crippen molar-refractivity contribution in [3.63, 3.8) is 0 Å². The van der Waals surface area contributed by atoms with Crippen molar-refractivity contribution in [3.8, 4) is 10.8 Å². The van der Waals surface area contributed by atoms with Crippen molar-refractivity contribution in [1.82, 2.24) is 0 Å². The number of hydrogen-bond acceptors (Lipinski definition) is 7. The van der Waals surface area contributed by atoms with Gasteiger partial charge in [0.15, 0.2) is 0 Å². The zero-order valence-electron chi connectivity index (χ0n) is 16.0. The SMILES string of the molecule is C=C/C(Cl)=C\C/C(Cl)=C\COc1sc(SNc2ccc(C(F)(F)F)c(O)c2)cc1[N+](=O)[O-]. The number of phenols is 1. The third-order valence-electron chi connectivity index (χ3n) is 3.63. The molecule has 0 aliphatic rings. The average Bonchev–Trinajstić information content (AvgIpc) is 3.13. The number of aromatic hydroxyl groups is 1. The van der Waals surface area contributed by atoms with Gasteiger partial charge in [-0.3, -0.25) is 10.1 Å². The van der Waals surface area contributed by atoms with Gasteiger partial charge in [-0.1, -0.05) is 53.3 Å². The molecule has 0 aliphatic carbocycles. The molecule has 32 heavy (non-hydrogen) atoms. The van der Waals surface area contributed by atoms with Crippen molar-refractivity contribution in [1.29, 1.82) is 0 Å². The van der Waals surface area contributed by atoms with Gasteiger partial charge in [-0.2, -0.15) is 13.2 Å². The summed E-state index contributed by atoms with van der Waals surface area (Å²) in [6.45, 7) is 3.48. The molecule has 0 amide bonds. The van der Waals surface area contributed by atoms with Crippen LogP contribution in [0.2, 0.25) is 0 Å². The molecule has 0 aliphatic heterocycles. The number of benzene rings is 1. The van der Waals surface area contributed by atoms with Crippen molar-refractivity contribution < 1.29 is 27.9 Å². The Morgan fingerprint density at radius 2 is 2.06 bits per heavy atom. The molecule has 0 spiro atoms. The number of hydrogen-bond donors (Lipinski definition) is 2. The Balaban J connectivity index is 2.04. The van der Waals surface area contributed by atoms with E-state index in [2.05, 4.69) is 11.3 Å². The maximum Gasteiger partial charge on any atom is 0.419 e. The molecule has 6 nitrogen and oxygen atoms in total. The molecule has 0 fully saturated rings. The predicted octanol–water partition coefficient (Wildman–Crippen LogP) is 7.70. The van der Waals surface area contributed by atoms with Gasteiger partial charge >= 0.3 is 11.9 Å². The minimum atomic E-state index is -4.68. The van der Waals surface area contributed by atoms with Crippen LogP contribution < -0.4 is 9.46 Å². The van der Waals surface area contributed by atoms with Crippen molar-refractivity contribution in [2.45, 2.75) is 16.8 Å². The maximum absolute atomic E-state index is 12.7. The summed E-state index contributed by atoms with van der Waals surface area (Å²) in [5.74, 6) is -0.933. The Bertz CT molecular complexity index is 1060. The van der Waals surface area contributed by atoms with Gasteiger partial charge in [0.05, 0.1) is 14.7 Å². The molecule has 0 unspecified atom stereocenters. The largest absolute Gasteiger partial charge is 0.507 e. The summed E-state index contributed by atoms with van der Waals surface area (Å²) in [6, 6.07) is 4.04. The molecular weight excluding hydrogens is 512 g/mol. The number of halogens is 5. The van der Waals surface area contributed by atoms with Crippen LogP contribution in [0.1, 0.15) is 12.0 Å². The van der Waals surface area contributed by atoms with Crippen molar-refractivity contribution >= 4 is 57.9 Å². The number of phenolic OH excluding ortho intramolecular Hbond substituents is 1. The lowest BCUT2D eigenvalue weighted by Gasteiger charge is -2.10. The molecule has 0 radical (unpaired) electrons. The highest BCUT2D eigenvalue weighted by molar-refractivity contribution is 8.02. The zero-order valence-corrected chi connectivity index (χ0v) is 19.1.